The van der Waals surface area contributed by atoms with Crippen molar-refractivity contribution in [3.8, 4) is 5.69 Å². The van der Waals surface area contributed by atoms with Gasteiger partial charge in [-0.2, -0.15) is 5.10 Å². The van der Waals surface area contributed by atoms with Gasteiger partial charge in [-0.1, -0.05) is 6.07 Å². The maximum atomic E-state index is 14.3. The van der Waals surface area contributed by atoms with Gasteiger partial charge in [-0.15, -0.1) is 11.6 Å². The standard InChI is InChI=1S/C15H16ClFN4/c1-9-4-5-11(17)12(8-9)21-13(6-7-16)18-14-10(2)19-20(3)15(14)21/h4-5,8H,6-7H2,1-3H3. The van der Waals surface area contributed by atoms with Gasteiger partial charge in [0, 0.05) is 19.3 Å². The molecule has 1 aromatic carbocycles. The van der Waals surface area contributed by atoms with E-state index < -0.39 is 0 Å². The summed E-state index contributed by atoms with van der Waals surface area (Å²) in [6.45, 7) is 3.84. The molecule has 3 rings (SSSR count). The number of rotatable bonds is 3. The normalized spacial score (nSPS) is 11.5. The number of benzene rings is 1. The molecule has 4 nitrogen and oxygen atoms in total. The van der Waals surface area contributed by atoms with Gasteiger partial charge in [-0.3, -0.25) is 4.57 Å². The Balaban J connectivity index is 2.38. The molecule has 0 aliphatic rings. The second kappa shape index (κ2) is 5.15. The van der Waals surface area contributed by atoms with E-state index in [1.54, 1.807) is 10.7 Å². The predicted octanol–water partition coefficient (Wildman–Crippen LogP) is 3.30. The van der Waals surface area contributed by atoms with Gasteiger partial charge in [0.1, 0.15) is 17.2 Å². The van der Waals surface area contributed by atoms with Crippen molar-refractivity contribution in [2.45, 2.75) is 20.3 Å². The van der Waals surface area contributed by atoms with Crippen LogP contribution < -0.4 is 0 Å². The van der Waals surface area contributed by atoms with E-state index >= 15 is 0 Å². The van der Waals surface area contributed by atoms with Crippen LogP contribution in [0.25, 0.3) is 16.9 Å². The monoisotopic (exact) mass is 306 g/mol. The Morgan fingerprint density at radius 1 is 1.29 bits per heavy atom. The molecule has 0 bridgehead atoms. The first kappa shape index (κ1) is 14.1. The summed E-state index contributed by atoms with van der Waals surface area (Å²) in [5.74, 6) is 0.902. The zero-order valence-corrected chi connectivity index (χ0v) is 12.9. The van der Waals surface area contributed by atoms with E-state index in [0.717, 1.165) is 28.2 Å². The summed E-state index contributed by atoms with van der Waals surface area (Å²) in [4.78, 5) is 4.60. The van der Waals surface area contributed by atoms with E-state index in [1.165, 1.54) is 6.07 Å². The molecular formula is C15H16ClFN4. The molecule has 0 radical (unpaired) electrons. The molecule has 0 amide bonds. The van der Waals surface area contributed by atoms with Crippen LogP contribution in [0.1, 0.15) is 17.1 Å². The third-order valence-corrected chi connectivity index (χ3v) is 3.72. The second-order valence-electron chi connectivity index (χ2n) is 5.14. The second-order valence-corrected chi connectivity index (χ2v) is 5.52. The summed E-state index contributed by atoms with van der Waals surface area (Å²) in [6, 6.07) is 5.05. The summed E-state index contributed by atoms with van der Waals surface area (Å²) in [7, 11) is 1.84. The molecule has 6 heteroatoms. The van der Waals surface area contributed by atoms with Crippen LogP contribution in [0.15, 0.2) is 18.2 Å². The van der Waals surface area contributed by atoms with E-state index in [0.29, 0.717) is 18.0 Å². The highest BCUT2D eigenvalue weighted by Crippen LogP contribution is 2.26. The van der Waals surface area contributed by atoms with E-state index in [9.17, 15) is 4.39 Å². The van der Waals surface area contributed by atoms with Gasteiger partial charge in [-0.05, 0) is 31.5 Å². The number of imidazole rings is 1. The van der Waals surface area contributed by atoms with Gasteiger partial charge in [-0.25, -0.2) is 14.1 Å². The van der Waals surface area contributed by atoms with Crippen LogP contribution in [0, 0.1) is 19.7 Å². The third-order valence-electron chi connectivity index (χ3n) is 3.53. The van der Waals surface area contributed by atoms with Crippen molar-refractivity contribution in [3.63, 3.8) is 0 Å². The number of alkyl halides is 1. The number of halogens is 2. The highest BCUT2D eigenvalue weighted by Gasteiger charge is 2.20. The molecule has 0 aliphatic carbocycles. The Kier molecular flexibility index (Phi) is 3.45. The first-order valence-electron chi connectivity index (χ1n) is 6.76. The number of fused-ring (bicyclic) bond motifs is 1. The number of hydrogen-bond donors (Lipinski definition) is 0. The van der Waals surface area contributed by atoms with Crippen molar-refractivity contribution in [1.29, 1.82) is 0 Å². The lowest BCUT2D eigenvalue weighted by molar-refractivity contribution is 0.614. The molecule has 21 heavy (non-hydrogen) atoms. The van der Waals surface area contributed by atoms with E-state index in [2.05, 4.69) is 10.1 Å². The van der Waals surface area contributed by atoms with Crippen LogP contribution >= 0.6 is 11.6 Å². The molecule has 0 unspecified atom stereocenters. The molecule has 0 saturated heterocycles. The minimum absolute atomic E-state index is 0.283. The van der Waals surface area contributed by atoms with Crippen LogP contribution in [0.4, 0.5) is 4.39 Å². The molecule has 0 spiro atoms. The summed E-state index contributed by atoms with van der Waals surface area (Å²) >= 11 is 5.87. The van der Waals surface area contributed by atoms with Gasteiger partial charge >= 0.3 is 0 Å². The van der Waals surface area contributed by atoms with Crippen molar-refractivity contribution in [2.75, 3.05) is 5.88 Å². The largest absolute Gasteiger partial charge is 0.278 e. The summed E-state index contributed by atoms with van der Waals surface area (Å²) in [6.07, 6.45) is 0.572. The molecule has 110 valence electrons. The van der Waals surface area contributed by atoms with Crippen LogP contribution in [-0.4, -0.2) is 25.2 Å². The molecule has 3 aromatic rings. The molecule has 2 heterocycles. The Bertz CT molecular complexity index is 819. The van der Waals surface area contributed by atoms with Crippen LogP contribution in [0.5, 0.6) is 0 Å². The summed E-state index contributed by atoms with van der Waals surface area (Å²) in [5, 5.41) is 4.37. The fourth-order valence-electron chi connectivity index (χ4n) is 2.62. The molecule has 0 saturated carbocycles. The quantitative estimate of drug-likeness (QED) is 0.696. The number of aromatic nitrogens is 4. The maximum Gasteiger partial charge on any atom is 0.163 e. The Morgan fingerprint density at radius 2 is 2.05 bits per heavy atom. The highest BCUT2D eigenvalue weighted by molar-refractivity contribution is 6.17. The van der Waals surface area contributed by atoms with E-state index in [1.807, 2.05) is 31.5 Å². The lowest BCUT2D eigenvalue weighted by Gasteiger charge is -2.11. The third kappa shape index (κ3) is 2.21. The van der Waals surface area contributed by atoms with Crippen LogP contribution in [0.2, 0.25) is 0 Å². The van der Waals surface area contributed by atoms with Crippen LogP contribution in [-0.2, 0) is 13.5 Å². The Hall–Kier alpha value is -1.88. The fraction of sp³-hybridized carbons (Fsp3) is 0.333. The van der Waals surface area contributed by atoms with Crippen molar-refractivity contribution in [2.24, 2.45) is 7.05 Å². The summed E-state index contributed by atoms with van der Waals surface area (Å²) < 4.78 is 17.9. The first-order valence-corrected chi connectivity index (χ1v) is 7.29. The number of hydrogen-bond acceptors (Lipinski definition) is 2. The number of nitrogens with zero attached hydrogens (tertiary/aromatic N) is 4. The fourth-order valence-corrected chi connectivity index (χ4v) is 2.79. The molecule has 0 N–H and O–H groups in total. The lowest BCUT2D eigenvalue weighted by Crippen LogP contribution is -2.08. The molecule has 0 fully saturated rings. The van der Waals surface area contributed by atoms with E-state index in [-0.39, 0.29) is 5.82 Å². The van der Waals surface area contributed by atoms with Crippen LogP contribution in [0.3, 0.4) is 0 Å². The van der Waals surface area contributed by atoms with E-state index in [4.69, 9.17) is 11.6 Å². The minimum Gasteiger partial charge on any atom is -0.278 e. The first-order chi connectivity index (χ1) is 10.0. The minimum atomic E-state index is -0.283. The van der Waals surface area contributed by atoms with Gasteiger partial charge in [0.25, 0.3) is 0 Å². The SMILES string of the molecule is Cc1ccc(F)c(-n2c(CCCl)nc3c(C)nn(C)c32)c1. The zero-order valence-electron chi connectivity index (χ0n) is 12.2. The average Bonchev–Trinajstić information content (AvgIpc) is 2.93. The van der Waals surface area contributed by atoms with Gasteiger partial charge in [0.15, 0.2) is 5.65 Å². The van der Waals surface area contributed by atoms with Gasteiger partial charge < -0.3 is 0 Å². The maximum absolute atomic E-state index is 14.3. The van der Waals surface area contributed by atoms with Gasteiger partial charge in [0.05, 0.1) is 11.4 Å². The average molecular weight is 307 g/mol. The smallest absolute Gasteiger partial charge is 0.163 e. The van der Waals surface area contributed by atoms with Gasteiger partial charge in [0.2, 0.25) is 0 Å². The predicted molar refractivity (Wildman–Crippen MR) is 81.7 cm³/mol. The van der Waals surface area contributed by atoms with Crippen molar-refractivity contribution in [3.05, 3.63) is 41.1 Å². The lowest BCUT2D eigenvalue weighted by atomic mass is 10.2. The Labute approximate surface area is 127 Å². The van der Waals surface area contributed by atoms with Crippen molar-refractivity contribution >= 4 is 22.8 Å². The summed E-state index contributed by atoms with van der Waals surface area (Å²) in [5.41, 5.74) is 3.88. The van der Waals surface area contributed by atoms with Crippen molar-refractivity contribution < 1.29 is 4.39 Å². The topological polar surface area (TPSA) is 35.6 Å². The molecule has 2 aromatic heterocycles. The molecule has 0 aliphatic heterocycles. The molecule has 0 atom stereocenters. The number of aryl methyl sites for hydroxylation is 4. The highest BCUT2D eigenvalue weighted by atomic mass is 35.5. The van der Waals surface area contributed by atoms with Crippen molar-refractivity contribution in [1.82, 2.24) is 19.3 Å². The zero-order chi connectivity index (χ0) is 15.1. The Morgan fingerprint density at radius 3 is 2.76 bits per heavy atom. The molecular weight excluding hydrogens is 291 g/mol.